The molecule has 1 atom stereocenters. The quantitative estimate of drug-likeness (QED) is 0.650. The summed E-state index contributed by atoms with van der Waals surface area (Å²) in [5.41, 5.74) is 1.58. The lowest BCUT2D eigenvalue weighted by Crippen LogP contribution is -2.22. The maximum Gasteiger partial charge on any atom is 0.288 e. The highest BCUT2D eigenvalue weighted by molar-refractivity contribution is 6.33. The summed E-state index contributed by atoms with van der Waals surface area (Å²) in [6.45, 7) is 3.11. The van der Waals surface area contributed by atoms with Crippen LogP contribution in [0, 0.1) is 17.0 Å². The number of nitro groups is 1. The smallest absolute Gasteiger partial charge is 0.288 e. The number of β-amino-alcohol motifs (C(OH)–C–C–N with tert-alkyl or cyclic N) is 1. The molecule has 1 N–H and O–H groups in total. The minimum Gasteiger partial charge on any atom is -0.391 e. The van der Waals surface area contributed by atoms with Crippen molar-refractivity contribution in [3.05, 3.63) is 32.8 Å². The number of aryl methyl sites for hydroxylation is 1. The molecule has 1 heterocycles. The molecule has 1 unspecified atom stereocenters. The molecule has 0 bridgehead atoms. The third kappa shape index (κ3) is 2.35. The third-order valence-electron chi connectivity index (χ3n) is 2.97. The van der Waals surface area contributed by atoms with E-state index < -0.39 is 4.92 Å². The number of benzene rings is 1. The number of nitrogens with zero attached hydrogens (tertiary/aromatic N) is 2. The Morgan fingerprint density at radius 3 is 2.82 bits per heavy atom. The van der Waals surface area contributed by atoms with E-state index in [9.17, 15) is 15.2 Å². The standard InChI is InChI=1S/C11H13ClN2O3/c1-7-4-11(14(16)17)9(12)5-10(7)13-3-2-8(15)6-13/h4-5,8,15H,2-3,6H2,1H3. The third-order valence-corrected chi connectivity index (χ3v) is 3.27. The van der Waals surface area contributed by atoms with E-state index in [4.69, 9.17) is 11.6 Å². The minimum absolute atomic E-state index is 0.0762. The molecule has 1 aliphatic rings. The highest BCUT2D eigenvalue weighted by Gasteiger charge is 2.24. The van der Waals surface area contributed by atoms with Crippen molar-refractivity contribution >= 4 is 23.0 Å². The van der Waals surface area contributed by atoms with Crippen LogP contribution in [0.2, 0.25) is 5.02 Å². The van der Waals surface area contributed by atoms with E-state index in [2.05, 4.69) is 0 Å². The van der Waals surface area contributed by atoms with E-state index in [1.807, 2.05) is 11.8 Å². The first-order valence-corrected chi connectivity index (χ1v) is 5.74. The van der Waals surface area contributed by atoms with Crippen molar-refractivity contribution in [2.45, 2.75) is 19.4 Å². The number of nitro benzene ring substituents is 1. The van der Waals surface area contributed by atoms with Crippen molar-refractivity contribution in [1.29, 1.82) is 0 Å². The lowest BCUT2D eigenvalue weighted by molar-refractivity contribution is -0.384. The van der Waals surface area contributed by atoms with Crippen molar-refractivity contribution in [2.75, 3.05) is 18.0 Å². The first-order valence-electron chi connectivity index (χ1n) is 5.36. The van der Waals surface area contributed by atoms with Crippen molar-refractivity contribution in [1.82, 2.24) is 0 Å². The Labute approximate surface area is 104 Å². The van der Waals surface area contributed by atoms with Crippen LogP contribution in [0.4, 0.5) is 11.4 Å². The molecule has 0 spiro atoms. The zero-order chi connectivity index (χ0) is 12.6. The molecule has 1 aromatic carbocycles. The number of halogens is 1. The summed E-state index contributed by atoms with van der Waals surface area (Å²) in [4.78, 5) is 12.2. The van der Waals surface area contributed by atoms with Gasteiger partial charge in [0.25, 0.3) is 5.69 Å². The van der Waals surface area contributed by atoms with Crippen LogP contribution in [-0.2, 0) is 0 Å². The summed E-state index contributed by atoms with van der Waals surface area (Å²) in [7, 11) is 0. The minimum atomic E-state index is -0.488. The Balaban J connectivity index is 2.36. The fourth-order valence-corrected chi connectivity index (χ4v) is 2.32. The van der Waals surface area contributed by atoms with E-state index >= 15 is 0 Å². The van der Waals surface area contributed by atoms with Gasteiger partial charge in [0.05, 0.1) is 11.0 Å². The first-order chi connectivity index (χ1) is 7.99. The monoisotopic (exact) mass is 256 g/mol. The molecule has 0 radical (unpaired) electrons. The van der Waals surface area contributed by atoms with Crippen LogP contribution < -0.4 is 4.90 Å². The summed E-state index contributed by atoms with van der Waals surface area (Å²) >= 11 is 5.88. The summed E-state index contributed by atoms with van der Waals surface area (Å²) in [6.07, 6.45) is 0.386. The van der Waals surface area contributed by atoms with Gasteiger partial charge in [0, 0.05) is 24.8 Å². The van der Waals surface area contributed by atoms with Gasteiger partial charge in [-0.15, -0.1) is 0 Å². The Kier molecular flexibility index (Phi) is 3.22. The summed E-state index contributed by atoms with van der Waals surface area (Å²) in [5, 5.41) is 20.3. The molecule has 0 aromatic heterocycles. The van der Waals surface area contributed by atoms with Gasteiger partial charge in [-0.1, -0.05) is 11.6 Å². The van der Waals surface area contributed by atoms with Crippen molar-refractivity contribution in [2.24, 2.45) is 0 Å². The molecule has 0 amide bonds. The van der Waals surface area contributed by atoms with Crippen LogP contribution in [-0.4, -0.2) is 29.2 Å². The second-order valence-corrected chi connectivity index (χ2v) is 4.64. The van der Waals surface area contributed by atoms with Crippen molar-refractivity contribution in [3.8, 4) is 0 Å². The van der Waals surface area contributed by atoms with Gasteiger partial charge in [0.2, 0.25) is 0 Å². The first kappa shape index (κ1) is 12.1. The van der Waals surface area contributed by atoms with Crippen molar-refractivity contribution < 1.29 is 10.0 Å². The van der Waals surface area contributed by atoms with Crippen LogP contribution in [0.3, 0.4) is 0 Å². The van der Waals surface area contributed by atoms with Gasteiger partial charge in [-0.3, -0.25) is 10.1 Å². The SMILES string of the molecule is Cc1cc([N+](=O)[O-])c(Cl)cc1N1CCC(O)C1. The maximum absolute atomic E-state index is 10.7. The predicted octanol–water partition coefficient (Wildman–Crippen LogP) is 2.13. The van der Waals surface area contributed by atoms with Gasteiger partial charge in [0.1, 0.15) is 5.02 Å². The number of anilines is 1. The predicted molar refractivity (Wildman–Crippen MR) is 65.7 cm³/mol. The lowest BCUT2D eigenvalue weighted by atomic mass is 10.1. The van der Waals surface area contributed by atoms with E-state index in [1.165, 1.54) is 6.07 Å². The molecule has 1 aromatic rings. The number of aliphatic hydroxyl groups excluding tert-OH is 1. The molecule has 92 valence electrons. The topological polar surface area (TPSA) is 66.6 Å². The molecule has 1 aliphatic heterocycles. The molecule has 17 heavy (non-hydrogen) atoms. The zero-order valence-electron chi connectivity index (χ0n) is 9.39. The highest BCUT2D eigenvalue weighted by atomic mass is 35.5. The van der Waals surface area contributed by atoms with E-state index in [0.717, 1.165) is 17.8 Å². The fourth-order valence-electron chi connectivity index (χ4n) is 2.10. The lowest BCUT2D eigenvalue weighted by Gasteiger charge is -2.20. The van der Waals surface area contributed by atoms with Gasteiger partial charge in [-0.25, -0.2) is 0 Å². The van der Waals surface area contributed by atoms with Gasteiger partial charge >= 0.3 is 0 Å². The van der Waals surface area contributed by atoms with Gasteiger partial charge < -0.3 is 10.0 Å². The van der Waals surface area contributed by atoms with Crippen LogP contribution >= 0.6 is 11.6 Å². The number of aliphatic hydroxyl groups is 1. The van der Waals surface area contributed by atoms with Crippen LogP contribution in [0.15, 0.2) is 12.1 Å². The molecule has 0 aliphatic carbocycles. The van der Waals surface area contributed by atoms with Gasteiger partial charge in [-0.05, 0) is 25.0 Å². The molecule has 2 rings (SSSR count). The largest absolute Gasteiger partial charge is 0.391 e. The average molecular weight is 257 g/mol. The Morgan fingerprint density at radius 2 is 2.29 bits per heavy atom. The molecule has 0 saturated carbocycles. The zero-order valence-corrected chi connectivity index (χ0v) is 10.1. The fraction of sp³-hybridized carbons (Fsp3) is 0.455. The number of hydrogen-bond acceptors (Lipinski definition) is 4. The Hall–Kier alpha value is -1.33. The van der Waals surface area contributed by atoms with E-state index in [1.54, 1.807) is 6.07 Å². The second-order valence-electron chi connectivity index (χ2n) is 4.24. The molecule has 1 saturated heterocycles. The summed E-state index contributed by atoms with van der Waals surface area (Å²) in [6, 6.07) is 3.08. The van der Waals surface area contributed by atoms with Crippen LogP contribution in [0.5, 0.6) is 0 Å². The summed E-state index contributed by atoms with van der Waals surface area (Å²) < 4.78 is 0. The highest BCUT2D eigenvalue weighted by Crippen LogP contribution is 2.33. The average Bonchev–Trinajstić information content (AvgIpc) is 2.67. The maximum atomic E-state index is 10.7. The Morgan fingerprint density at radius 1 is 1.59 bits per heavy atom. The molecule has 6 heteroatoms. The van der Waals surface area contributed by atoms with Crippen LogP contribution in [0.25, 0.3) is 0 Å². The molecular formula is C11H13ClN2O3. The van der Waals surface area contributed by atoms with Gasteiger partial charge in [0.15, 0.2) is 0 Å². The van der Waals surface area contributed by atoms with Crippen LogP contribution in [0.1, 0.15) is 12.0 Å². The number of rotatable bonds is 2. The Bertz CT molecular complexity index is 464. The second kappa shape index (κ2) is 4.50. The van der Waals surface area contributed by atoms with E-state index in [-0.39, 0.29) is 16.8 Å². The number of hydrogen-bond donors (Lipinski definition) is 1. The normalized spacial score (nSPS) is 19.7. The van der Waals surface area contributed by atoms with E-state index in [0.29, 0.717) is 13.0 Å². The van der Waals surface area contributed by atoms with Gasteiger partial charge in [-0.2, -0.15) is 0 Å². The molecule has 1 fully saturated rings. The van der Waals surface area contributed by atoms with Crippen molar-refractivity contribution in [3.63, 3.8) is 0 Å². The molecular weight excluding hydrogens is 244 g/mol. The molecule has 5 nitrogen and oxygen atoms in total. The summed E-state index contributed by atoms with van der Waals surface area (Å²) in [5.74, 6) is 0.